The van der Waals surface area contributed by atoms with Crippen molar-refractivity contribution in [2.45, 2.75) is 0 Å². The largest absolute Gasteiger partial charge is 0.392 e. The standard InChI is InChI=1S/C18H15Cl2N3O/c1-21-10-15-18(24)23(2)16-8-7-11(19)9-13(16)17(22-15)12-5-3-4-6-14(12)20/h3-10,21H,1-2H3. The smallest absolute Gasteiger partial charge is 0.278 e. The molecule has 122 valence electrons. The summed E-state index contributed by atoms with van der Waals surface area (Å²) in [5.74, 6) is -0.213. The number of aliphatic imine (C=N–C) groups is 1. The highest BCUT2D eigenvalue weighted by Gasteiger charge is 2.27. The monoisotopic (exact) mass is 359 g/mol. The Bertz CT molecular complexity index is 874. The van der Waals surface area contributed by atoms with E-state index in [2.05, 4.69) is 10.3 Å². The fourth-order valence-corrected chi connectivity index (χ4v) is 2.99. The van der Waals surface area contributed by atoms with E-state index in [9.17, 15) is 4.79 Å². The highest BCUT2D eigenvalue weighted by atomic mass is 35.5. The van der Waals surface area contributed by atoms with Crippen molar-refractivity contribution in [2.24, 2.45) is 4.99 Å². The van der Waals surface area contributed by atoms with Gasteiger partial charge in [0, 0.05) is 41.5 Å². The topological polar surface area (TPSA) is 44.7 Å². The first-order chi connectivity index (χ1) is 11.5. The van der Waals surface area contributed by atoms with Crippen LogP contribution in [-0.2, 0) is 4.79 Å². The Labute approximate surface area is 150 Å². The number of rotatable bonds is 2. The summed E-state index contributed by atoms with van der Waals surface area (Å²) in [6.45, 7) is 0. The van der Waals surface area contributed by atoms with Gasteiger partial charge < -0.3 is 10.2 Å². The van der Waals surface area contributed by atoms with E-state index in [0.29, 0.717) is 21.5 Å². The summed E-state index contributed by atoms with van der Waals surface area (Å²) in [7, 11) is 3.43. The van der Waals surface area contributed by atoms with Crippen molar-refractivity contribution in [3.8, 4) is 0 Å². The second kappa shape index (κ2) is 6.67. The Morgan fingerprint density at radius 1 is 1.12 bits per heavy atom. The molecule has 2 aromatic carbocycles. The maximum Gasteiger partial charge on any atom is 0.278 e. The van der Waals surface area contributed by atoms with E-state index in [-0.39, 0.29) is 5.91 Å². The molecule has 0 saturated heterocycles. The molecule has 0 aromatic heterocycles. The van der Waals surface area contributed by atoms with E-state index in [1.54, 1.807) is 43.4 Å². The average molecular weight is 360 g/mol. The van der Waals surface area contributed by atoms with E-state index < -0.39 is 0 Å². The molecule has 3 rings (SSSR count). The lowest BCUT2D eigenvalue weighted by molar-refractivity contribution is -0.114. The maximum atomic E-state index is 12.7. The Morgan fingerprint density at radius 3 is 2.58 bits per heavy atom. The van der Waals surface area contributed by atoms with Crippen LogP contribution in [0.2, 0.25) is 10.0 Å². The van der Waals surface area contributed by atoms with Crippen molar-refractivity contribution in [3.63, 3.8) is 0 Å². The zero-order valence-corrected chi connectivity index (χ0v) is 14.7. The molecule has 2 aromatic rings. The van der Waals surface area contributed by atoms with Crippen molar-refractivity contribution in [2.75, 3.05) is 19.0 Å². The van der Waals surface area contributed by atoms with Crippen LogP contribution in [0.25, 0.3) is 0 Å². The van der Waals surface area contributed by atoms with Gasteiger partial charge in [-0.15, -0.1) is 0 Å². The maximum absolute atomic E-state index is 12.7. The number of anilines is 1. The van der Waals surface area contributed by atoms with E-state index in [1.165, 1.54) is 0 Å². The van der Waals surface area contributed by atoms with Gasteiger partial charge in [0.05, 0.1) is 11.4 Å². The normalized spacial score (nSPS) is 15.8. The first kappa shape index (κ1) is 16.6. The molecule has 0 saturated carbocycles. The SMILES string of the molecule is CNC=C1N=C(c2ccccc2Cl)c2cc(Cl)ccc2N(C)C1=O. The molecule has 1 heterocycles. The minimum Gasteiger partial charge on any atom is -0.392 e. The number of hydrogen-bond donors (Lipinski definition) is 1. The zero-order chi connectivity index (χ0) is 17.3. The molecule has 0 spiro atoms. The van der Waals surface area contributed by atoms with Crippen LogP contribution < -0.4 is 10.2 Å². The molecule has 1 aliphatic rings. The van der Waals surface area contributed by atoms with Crippen LogP contribution in [0.1, 0.15) is 11.1 Å². The van der Waals surface area contributed by atoms with Gasteiger partial charge >= 0.3 is 0 Å². The van der Waals surface area contributed by atoms with Gasteiger partial charge in [-0.25, -0.2) is 4.99 Å². The van der Waals surface area contributed by atoms with Crippen LogP contribution in [-0.4, -0.2) is 25.7 Å². The third-order valence-corrected chi connectivity index (χ3v) is 4.31. The molecule has 0 unspecified atom stereocenters. The van der Waals surface area contributed by atoms with Gasteiger partial charge in [-0.05, 0) is 24.3 Å². The lowest BCUT2D eigenvalue weighted by Gasteiger charge is -2.18. The summed E-state index contributed by atoms with van der Waals surface area (Å²) in [5.41, 5.74) is 3.13. The Balaban J connectivity index is 2.34. The molecule has 0 radical (unpaired) electrons. The third-order valence-electron chi connectivity index (χ3n) is 3.74. The minimum absolute atomic E-state index is 0.213. The number of nitrogens with zero attached hydrogens (tertiary/aromatic N) is 2. The molecule has 1 aliphatic heterocycles. The summed E-state index contributed by atoms with van der Waals surface area (Å²) >= 11 is 12.6. The second-order valence-corrected chi connectivity index (χ2v) is 6.13. The summed E-state index contributed by atoms with van der Waals surface area (Å²) in [6, 6.07) is 12.8. The molecular formula is C18H15Cl2N3O. The van der Waals surface area contributed by atoms with Gasteiger partial charge in [0.1, 0.15) is 5.70 Å². The lowest BCUT2D eigenvalue weighted by atomic mass is 10.00. The number of benzodiazepines with no additional fused rings is 1. The molecule has 24 heavy (non-hydrogen) atoms. The molecule has 6 heteroatoms. The van der Waals surface area contributed by atoms with Crippen molar-refractivity contribution in [3.05, 3.63) is 75.5 Å². The number of carbonyl (C=O) groups is 1. The number of fused-ring (bicyclic) bond motifs is 1. The van der Waals surface area contributed by atoms with Crippen LogP contribution in [0.4, 0.5) is 5.69 Å². The van der Waals surface area contributed by atoms with Crippen molar-refractivity contribution in [1.29, 1.82) is 0 Å². The van der Waals surface area contributed by atoms with Crippen molar-refractivity contribution < 1.29 is 4.79 Å². The molecule has 0 fully saturated rings. The Morgan fingerprint density at radius 2 is 1.88 bits per heavy atom. The number of amides is 1. The molecule has 1 N–H and O–H groups in total. The van der Waals surface area contributed by atoms with Gasteiger partial charge in [0.25, 0.3) is 5.91 Å². The van der Waals surface area contributed by atoms with Crippen molar-refractivity contribution >= 4 is 40.5 Å². The van der Waals surface area contributed by atoms with Crippen molar-refractivity contribution in [1.82, 2.24) is 5.32 Å². The van der Waals surface area contributed by atoms with E-state index >= 15 is 0 Å². The Kier molecular flexibility index (Phi) is 4.60. The number of benzene rings is 2. The van der Waals surface area contributed by atoms with E-state index in [4.69, 9.17) is 23.2 Å². The van der Waals surface area contributed by atoms with Crippen LogP contribution in [0.3, 0.4) is 0 Å². The van der Waals surface area contributed by atoms with Gasteiger partial charge in [0.15, 0.2) is 0 Å². The highest BCUT2D eigenvalue weighted by Crippen LogP contribution is 2.32. The molecule has 1 amide bonds. The first-order valence-electron chi connectivity index (χ1n) is 7.32. The quantitative estimate of drug-likeness (QED) is 0.827. The summed E-state index contributed by atoms with van der Waals surface area (Å²) < 4.78 is 0. The Hall–Kier alpha value is -2.30. The molecular weight excluding hydrogens is 345 g/mol. The number of nitrogens with one attached hydrogen (secondary N) is 1. The summed E-state index contributed by atoms with van der Waals surface area (Å²) in [6.07, 6.45) is 1.57. The second-order valence-electron chi connectivity index (χ2n) is 5.28. The van der Waals surface area contributed by atoms with E-state index in [0.717, 1.165) is 16.8 Å². The molecule has 0 atom stereocenters. The minimum atomic E-state index is -0.213. The predicted molar refractivity (Wildman–Crippen MR) is 99.1 cm³/mol. The van der Waals surface area contributed by atoms with Crippen LogP contribution >= 0.6 is 23.2 Å². The van der Waals surface area contributed by atoms with Crippen LogP contribution in [0.5, 0.6) is 0 Å². The average Bonchev–Trinajstić information content (AvgIpc) is 2.66. The summed E-state index contributed by atoms with van der Waals surface area (Å²) in [5, 5.41) is 3.99. The fraction of sp³-hybridized carbons (Fsp3) is 0.111. The molecule has 0 bridgehead atoms. The predicted octanol–water partition coefficient (Wildman–Crippen LogP) is 3.87. The summed E-state index contributed by atoms with van der Waals surface area (Å²) in [4.78, 5) is 18.8. The number of halogens is 2. The van der Waals surface area contributed by atoms with Gasteiger partial charge in [-0.2, -0.15) is 0 Å². The third kappa shape index (κ3) is 2.90. The van der Waals surface area contributed by atoms with Gasteiger partial charge in [0.2, 0.25) is 0 Å². The highest BCUT2D eigenvalue weighted by molar-refractivity contribution is 6.37. The van der Waals surface area contributed by atoms with E-state index in [1.807, 2.05) is 24.3 Å². The number of carbonyl (C=O) groups excluding carboxylic acids is 1. The zero-order valence-electron chi connectivity index (χ0n) is 13.2. The number of likely N-dealkylation sites (N-methyl/N-ethyl adjacent to an activating group) is 1. The number of hydrogen-bond acceptors (Lipinski definition) is 3. The van der Waals surface area contributed by atoms with Gasteiger partial charge in [-0.3, -0.25) is 4.79 Å². The van der Waals surface area contributed by atoms with Crippen LogP contribution in [0.15, 0.2) is 59.4 Å². The van der Waals surface area contributed by atoms with Gasteiger partial charge in [-0.1, -0.05) is 41.4 Å². The molecule has 0 aliphatic carbocycles. The first-order valence-corrected chi connectivity index (χ1v) is 8.07. The lowest BCUT2D eigenvalue weighted by Crippen LogP contribution is -2.27. The fourth-order valence-electron chi connectivity index (χ4n) is 2.59. The molecule has 4 nitrogen and oxygen atoms in total. The van der Waals surface area contributed by atoms with Crippen LogP contribution in [0, 0.1) is 0 Å².